The van der Waals surface area contributed by atoms with Crippen molar-refractivity contribution >= 4 is 17.3 Å². The number of carboxylic acids is 1. The van der Waals surface area contributed by atoms with Crippen LogP contribution in [-0.2, 0) is 10.2 Å². The largest absolute Gasteiger partial charge is 0.480 e. The summed E-state index contributed by atoms with van der Waals surface area (Å²) in [5.74, 6) is -0.928. The van der Waals surface area contributed by atoms with E-state index >= 15 is 0 Å². The number of aliphatic carboxylic acids is 1. The highest BCUT2D eigenvalue weighted by atomic mass is 32.1. The van der Waals surface area contributed by atoms with Crippen LogP contribution < -0.4 is 5.32 Å². The van der Waals surface area contributed by atoms with Gasteiger partial charge in [0.1, 0.15) is 6.04 Å². The van der Waals surface area contributed by atoms with Crippen molar-refractivity contribution < 1.29 is 9.90 Å². The lowest BCUT2D eigenvalue weighted by Crippen LogP contribution is -2.29. The molecule has 1 atom stereocenters. The van der Waals surface area contributed by atoms with Crippen LogP contribution in [0.15, 0.2) is 17.2 Å². The molecule has 0 aliphatic rings. The molecule has 0 aliphatic heterocycles. The standard InChI is InChI=1S/C12H18N4O2S/c1-12(2,3)9-5-4-8(19-9)10(11(17)18)14-6-7-15-16-13/h4-5,10,14H,6-7H2,1-3H3,(H,17,18). The quantitative estimate of drug-likeness (QED) is 0.363. The van der Waals surface area contributed by atoms with E-state index in [2.05, 4.69) is 36.1 Å². The van der Waals surface area contributed by atoms with E-state index in [1.807, 2.05) is 12.1 Å². The molecule has 0 saturated heterocycles. The summed E-state index contributed by atoms with van der Waals surface area (Å²) < 4.78 is 0. The topological polar surface area (TPSA) is 98.1 Å². The second-order valence-electron chi connectivity index (χ2n) is 5.13. The number of hydrogen-bond acceptors (Lipinski definition) is 4. The van der Waals surface area contributed by atoms with Crippen LogP contribution in [0.3, 0.4) is 0 Å². The molecule has 2 N–H and O–H groups in total. The Bertz CT molecular complexity index is 486. The van der Waals surface area contributed by atoms with Crippen LogP contribution in [0.1, 0.15) is 36.6 Å². The first-order chi connectivity index (χ1) is 8.86. The minimum absolute atomic E-state index is 0.0110. The first-order valence-corrected chi connectivity index (χ1v) is 6.75. The third-order valence-electron chi connectivity index (χ3n) is 2.52. The summed E-state index contributed by atoms with van der Waals surface area (Å²) in [7, 11) is 0. The summed E-state index contributed by atoms with van der Waals surface area (Å²) in [5.41, 5.74) is 8.18. The maximum atomic E-state index is 11.3. The Labute approximate surface area is 116 Å². The summed E-state index contributed by atoms with van der Waals surface area (Å²) >= 11 is 1.49. The van der Waals surface area contributed by atoms with Gasteiger partial charge in [0.05, 0.1) is 0 Å². The average molecular weight is 282 g/mol. The summed E-state index contributed by atoms with van der Waals surface area (Å²) in [4.78, 5) is 15.8. The molecule has 0 radical (unpaired) electrons. The minimum atomic E-state index is -0.928. The summed E-state index contributed by atoms with van der Waals surface area (Å²) in [6.07, 6.45) is 0. The zero-order valence-corrected chi connectivity index (χ0v) is 12.1. The second kappa shape index (κ2) is 6.56. The van der Waals surface area contributed by atoms with Crippen molar-refractivity contribution in [2.45, 2.75) is 32.2 Å². The Morgan fingerprint density at radius 1 is 1.58 bits per heavy atom. The van der Waals surface area contributed by atoms with Gasteiger partial charge in [0, 0.05) is 27.8 Å². The Balaban J connectivity index is 2.79. The van der Waals surface area contributed by atoms with Gasteiger partial charge in [-0.05, 0) is 23.1 Å². The molecular weight excluding hydrogens is 264 g/mol. The molecule has 0 aromatic carbocycles. The number of hydrogen-bond donors (Lipinski definition) is 2. The molecule has 0 aliphatic carbocycles. The lowest BCUT2D eigenvalue weighted by molar-refractivity contribution is -0.139. The Kier molecular flexibility index (Phi) is 5.35. The molecule has 104 valence electrons. The van der Waals surface area contributed by atoms with E-state index in [0.29, 0.717) is 6.54 Å². The normalized spacial score (nSPS) is 12.8. The van der Waals surface area contributed by atoms with Crippen LogP contribution in [0.25, 0.3) is 10.4 Å². The van der Waals surface area contributed by atoms with Crippen molar-refractivity contribution in [3.63, 3.8) is 0 Å². The van der Waals surface area contributed by atoms with Crippen molar-refractivity contribution in [3.05, 3.63) is 32.3 Å². The van der Waals surface area contributed by atoms with E-state index < -0.39 is 12.0 Å². The third kappa shape index (κ3) is 4.55. The Morgan fingerprint density at radius 2 is 2.26 bits per heavy atom. The summed E-state index contributed by atoms with van der Waals surface area (Å²) in [5, 5.41) is 15.5. The molecule has 1 heterocycles. The minimum Gasteiger partial charge on any atom is -0.480 e. The van der Waals surface area contributed by atoms with Crippen LogP contribution >= 0.6 is 11.3 Å². The monoisotopic (exact) mass is 282 g/mol. The van der Waals surface area contributed by atoms with Crippen LogP contribution in [0.4, 0.5) is 0 Å². The maximum Gasteiger partial charge on any atom is 0.326 e. The zero-order valence-electron chi connectivity index (χ0n) is 11.3. The highest BCUT2D eigenvalue weighted by Crippen LogP contribution is 2.32. The highest BCUT2D eigenvalue weighted by molar-refractivity contribution is 7.12. The van der Waals surface area contributed by atoms with Gasteiger partial charge in [-0.25, -0.2) is 0 Å². The fraction of sp³-hybridized carbons (Fsp3) is 0.583. The third-order valence-corrected chi connectivity index (χ3v) is 4.10. The predicted molar refractivity (Wildman–Crippen MR) is 75.4 cm³/mol. The van der Waals surface area contributed by atoms with E-state index in [-0.39, 0.29) is 12.0 Å². The number of nitrogens with one attached hydrogen (secondary N) is 1. The molecule has 1 unspecified atom stereocenters. The number of carboxylic acid groups (broad SMARTS) is 1. The number of rotatable bonds is 6. The van der Waals surface area contributed by atoms with Gasteiger partial charge in [-0.1, -0.05) is 25.9 Å². The van der Waals surface area contributed by atoms with Crippen LogP contribution in [-0.4, -0.2) is 24.2 Å². The molecule has 1 aromatic rings. The van der Waals surface area contributed by atoms with Crippen molar-refractivity contribution in [1.29, 1.82) is 0 Å². The van der Waals surface area contributed by atoms with Gasteiger partial charge >= 0.3 is 5.97 Å². The molecule has 0 bridgehead atoms. The van der Waals surface area contributed by atoms with Gasteiger partial charge in [0.15, 0.2) is 0 Å². The van der Waals surface area contributed by atoms with Gasteiger partial charge in [-0.2, -0.15) is 0 Å². The van der Waals surface area contributed by atoms with E-state index in [1.165, 1.54) is 11.3 Å². The number of carbonyl (C=O) groups is 1. The van der Waals surface area contributed by atoms with Crippen LogP contribution in [0, 0.1) is 0 Å². The fourth-order valence-electron chi connectivity index (χ4n) is 1.52. The number of nitrogens with zero attached hydrogens (tertiary/aromatic N) is 3. The average Bonchev–Trinajstić information content (AvgIpc) is 2.77. The zero-order chi connectivity index (χ0) is 14.5. The number of azide groups is 1. The van der Waals surface area contributed by atoms with Gasteiger partial charge in [-0.15, -0.1) is 11.3 Å². The lowest BCUT2D eigenvalue weighted by Gasteiger charge is -2.16. The summed E-state index contributed by atoms with van der Waals surface area (Å²) in [6, 6.07) is 3.05. The van der Waals surface area contributed by atoms with E-state index in [4.69, 9.17) is 5.53 Å². The molecule has 1 aromatic heterocycles. The van der Waals surface area contributed by atoms with Gasteiger partial charge in [-0.3, -0.25) is 10.1 Å². The first-order valence-electron chi connectivity index (χ1n) is 5.93. The fourth-order valence-corrected chi connectivity index (χ4v) is 2.66. The molecular formula is C12H18N4O2S. The van der Waals surface area contributed by atoms with Gasteiger partial charge < -0.3 is 5.11 Å². The Morgan fingerprint density at radius 3 is 2.74 bits per heavy atom. The molecule has 1 rings (SSSR count). The molecule has 0 saturated carbocycles. The maximum absolute atomic E-state index is 11.3. The van der Waals surface area contributed by atoms with Crippen molar-refractivity contribution in [1.82, 2.24) is 5.32 Å². The van der Waals surface area contributed by atoms with Crippen molar-refractivity contribution in [2.24, 2.45) is 5.11 Å². The Hall–Kier alpha value is -1.56. The van der Waals surface area contributed by atoms with E-state index in [9.17, 15) is 9.90 Å². The first kappa shape index (κ1) is 15.5. The smallest absolute Gasteiger partial charge is 0.326 e. The highest BCUT2D eigenvalue weighted by Gasteiger charge is 2.23. The molecule has 0 spiro atoms. The lowest BCUT2D eigenvalue weighted by atomic mass is 9.95. The molecule has 6 nitrogen and oxygen atoms in total. The van der Waals surface area contributed by atoms with Crippen LogP contribution in [0.2, 0.25) is 0 Å². The molecule has 0 fully saturated rings. The molecule has 19 heavy (non-hydrogen) atoms. The molecule has 0 amide bonds. The summed E-state index contributed by atoms with van der Waals surface area (Å²) in [6.45, 7) is 6.84. The predicted octanol–water partition coefficient (Wildman–Crippen LogP) is 3.07. The van der Waals surface area contributed by atoms with Gasteiger partial charge in [0.25, 0.3) is 0 Å². The SMILES string of the molecule is CC(C)(C)c1ccc(C(NCCN=[N+]=[N-])C(=O)O)s1. The van der Waals surface area contributed by atoms with Crippen molar-refractivity contribution in [3.8, 4) is 0 Å². The van der Waals surface area contributed by atoms with Crippen molar-refractivity contribution in [2.75, 3.05) is 13.1 Å². The van der Waals surface area contributed by atoms with Gasteiger partial charge in [0.2, 0.25) is 0 Å². The van der Waals surface area contributed by atoms with Crippen LogP contribution in [0.5, 0.6) is 0 Å². The van der Waals surface area contributed by atoms with E-state index in [1.54, 1.807) is 0 Å². The van der Waals surface area contributed by atoms with E-state index in [0.717, 1.165) is 9.75 Å². The second-order valence-corrected chi connectivity index (χ2v) is 6.25. The number of thiophene rings is 1. The molecule has 7 heteroatoms.